The molecule has 27 heavy (non-hydrogen) atoms. The van der Waals surface area contributed by atoms with Gasteiger partial charge in [0.25, 0.3) is 5.91 Å². The fraction of sp³-hybridized carbons (Fsp3) is 0.571. The second-order valence-corrected chi connectivity index (χ2v) is 7.74. The van der Waals surface area contributed by atoms with E-state index in [9.17, 15) is 9.59 Å². The van der Waals surface area contributed by atoms with Crippen molar-refractivity contribution in [2.24, 2.45) is 5.92 Å². The lowest BCUT2D eigenvalue weighted by molar-refractivity contribution is -0.119. The first-order valence-corrected chi connectivity index (χ1v) is 10.4. The van der Waals surface area contributed by atoms with Crippen molar-refractivity contribution in [2.75, 3.05) is 18.4 Å². The Bertz CT molecular complexity index is 655. The molecule has 6 heteroatoms. The minimum atomic E-state index is -0.0857. The summed E-state index contributed by atoms with van der Waals surface area (Å²) < 4.78 is 0. The molecule has 1 heterocycles. The molecule has 5 nitrogen and oxygen atoms in total. The average Bonchev–Trinajstić information content (AvgIpc) is 2.65. The maximum absolute atomic E-state index is 12.9. The van der Waals surface area contributed by atoms with Gasteiger partial charge in [0.05, 0.1) is 11.3 Å². The van der Waals surface area contributed by atoms with Crippen LogP contribution in [0.25, 0.3) is 0 Å². The highest BCUT2D eigenvalue weighted by Gasteiger charge is 2.23. The van der Waals surface area contributed by atoms with Gasteiger partial charge in [-0.25, -0.2) is 0 Å². The molecular formula is C21H31N3O2S. The zero-order chi connectivity index (χ0) is 19.6. The highest BCUT2D eigenvalue weighted by atomic mass is 32.1. The van der Waals surface area contributed by atoms with Gasteiger partial charge in [-0.3, -0.25) is 9.59 Å². The normalized spacial score (nSPS) is 14.7. The first-order valence-electron chi connectivity index (χ1n) is 10.0. The van der Waals surface area contributed by atoms with Gasteiger partial charge >= 0.3 is 0 Å². The number of nitrogens with one attached hydrogen (secondary N) is 2. The van der Waals surface area contributed by atoms with Crippen molar-refractivity contribution in [2.45, 2.75) is 58.8 Å². The average molecular weight is 390 g/mol. The number of para-hydroxylation sites is 1. The third-order valence-corrected chi connectivity index (χ3v) is 5.19. The Morgan fingerprint density at radius 1 is 1.15 bits per heavy atom. The van der Waals surface area contributed by atoms with Gasteiger partial charge in [-0.2, -0.15) is 0 Å². The van der Waals surface area contributed by atoms with E-state index >= 15 is 0 Å². The molecule has 0 aliphatic carbocycles. The summed E-state index contributed by atoms with van der Waals surface area (Å²) in [4.78, 5) is 26.8. The van der Waals surface area contributed by atoms with Crippen LogP contribution < -0.4 is 10.6 Å². The maximum atomic E-state index is 12.9. The quantitative estimate of drug-likeness (QED) is 0.538. The Labute approximate surface area is 167 Å². The maximum Gasteiger partial charge on any atom is 0.255 e. The predicted octanol–water partition coefficient (Wildman–Crippen LogP) is 4.34. The van der Waals surface area contributed by atoms with Crippen LogP contribution in [0.5, 0.6) is 0 Å². The Balaban J connectivity index is 1.92. The number of piperidine rings is 1. The SMILES string of the molecule is CCCCCCC(=O)NC(=S)Nc1ccccc1C(=O)N1CCC(C)CC1. The molecule has 1 aromatic carbocycles. The smallest absolute Gasteiger partial charge is 0.255 e. The molecule has 2 rings (SSSR count). The first-order chi connectivity index (χ1) is 13.0. The summed E-state index contributed by atoms with van der Waals surface area (Å²) in [6.45, 7) is 5.93. The van der Waals surface area contributed by atoms with Crippen LogP contribution in [-0.2, 0) is 4.79 Å². The number of hydrogen-bond acceptors (Lipinski definition) is 3. The number of likely N-dealkylation sites (tertiary alicyclic amines) is 1. The Morgan fingerprint density at radius 3 is 2.56 bits per heavy atom. The van der Waals surface area contributed by atoms with E-state index in [1.165, 1.54) is 0 Å². The number of carbonyl (C=O) groups excluding carboxylic acids is 2. The van der Waals surface area contributed by atoms with E-state index in [0.717, 1.165) is 51.6 Å². The molecule has 0 unspecified atom stereocenters. The second kappa shape index (κ2) is 11.0. The summed E-state index contributed by atoms with van der Waals surface area (Å²) >= 11 is 5.26. The van der Waals surface area contributed by atoms with E-state index in [1.54, 1.807) is 6.07 Å². The number of unbranched alkanes of at least 4 members (excludes halogenated alkanes) is 3. The van der Waals surface area contributed by atoms with Crippen LogP contribution in [0.2, 0.25) is 0 Å². The Kier molecular flexibility index (Phi) is 8.72. The highest BCUT2D eigenvalue weighted by Crippen LogP contribution is 2.22. The van der Waals surface area contributed by atoms with Crippen LogP contribution in [0.15, 0.2) is 24.3 Å². The number of hydrogen-bond donors (Lipinski definition) is 2. The summed E-state index contributed by atoms with van der Waals surface area (Å²) in [5.74, 6) is 0.596. The molecule has 0 bridgehead atoms. The van der Waals surface area contributed by atoms with E-state index in [2.05, 4.69) is 24.5 Å². The summed E-state index contributed by atoms with van der Waals surface area (Å²) in [6.07, 6.45) is 6.74. The van der Waals surface area contributed by atoms with Gasteiger partial charge in [0.1, 0.15) is 0 Å². The number of rotatable bonds is 7. The second-order valence-electron chi connectivity index (χ2n) is 7.33. The van der Waals surface area contributed by atoms with Crippen LogP contribution >= 0.6 is 12.2 Å². The molecule has 1 aliphatic heterocycles. The number of amides is 2. The molecule has 2 N–H and O–H groups in total. The van der Waals surface area contributed by atoms with Gasteiger partial charge in [-0.15, -0.1) is 0 Å². The van der Waals surface area contributed by atoms with Crippen molar-refractivity contribution in [3.63, 3.8) is 0 Å². The minimum Gasteiger partial charge on any atom is -0.339 e. The summed E-state index contributed by atoms with van der Waals surface area (Å²) in [6, 6.07) is 7.32. The van der Waals surface area contributed by atoms with Gasteiger partial charge in [-0.1, -0.05) is 45.2 Å². The van der Waals surface area contributed by atoms with Crippen LogP contribution in [-0.4, -0.2) is 34.9 Å². The molecule has 148 valence electrons. The molecule has 1 aliphatic rings. The molecule has 1 fully saturated rings. The molecule has 0 atom stereocenters. The van der Waals surface area contributed by atoms with Gasteiger partial charge < -0.3 is 15.5 Å². The molecule has 0 spiro atoms. The van der Waals surface area contributed by atoms with Crippen LogP contribution in [0.3, 0.4) is 0 Å². The molecule has 1 aromatic rings. The largest absolute Gasteiger partial charge is 0.339 e. The predicted molar refractivity (Wildman–Crippen MR) is 114 cm³/mol. The fourth-order valence-electron chi connectivity index (χ4n) is 3.22. The van der Waals surface area contributed by atoms with Crippen molar-refractivity contribution >= 4 is 34.8 Å². The van der Waals surface area contributed by atoms with E-state index in [4.69, 9.17) is 12.2 Å². The monoisotopic (exact) mass is 389 g/mol. The van der Waals surface area contributed by atoms with Crippen molar-refractivity contribution in [3.05, 3.63) is 29.8 Å². The van der Waals surface area contributed by atoms with E-state index < -0.39 is 0 Å². The Morgan fingerprint density at radius 2 is 1.85 bits per heavy atom. The molecule has 2 amide bonds. The van der Waals surface area contributed by atoms with Crippen molar-refractivity contribution < 1.29 is 9.59 Å². The van der Waals surface area contributed by atoms with Gasteiger partial charge in [0.2, 0.25) is 5.91 Å². The van der Waals surface area contributed by atoms with Gasteiger partial charge in [-0.05, 0) is 49.5 Å². The lowest BCUT2D eigenvalue weighted by atomic mass is 9.98. The van der Waals surface area contributed by atoms with Crippen LogP contribution in [0.1, 0.15) is 69.2 Å². The third-order valence-electron chi connectivity index (χ3n) is 4.99. The lowest BCUT2D eigenvalue weighted by Gasteiger charge is -2.30. The minimum absolute atomic E-state index is 0.0127. The fourth-order valence-corrected chi connectivity index (χ4v) is 3.44. The zero-order valence-electron chi connectivity index (χ0n) is 16.4. The number of nitrogens with zero attached hydrogens (tertiary/aromatic N) is 1. The van der Waals surface area contributed by atoms with Crippen LogP contribution in [0.4, 0.5) is 5.69 Å². The topological polar surface area (TPSA) is 61.4 Å². The van der Waals surface area contributed by atoms with E-state index in [1.807, 2.05) is 23.1 Å². The third kappa shape index (κ3) is 6.94. The molecule has 0 radical (unpaired) electrons. The number of anilines is 1. The first kappa shape index (κ1) is 21.4. The summed E-state index contributed by atoms with van der Waals surface area (Å²) in [7, 11) is 0. The Hall–Kier alpha value is -1.95. The highest BCUT2D eigenvalue weighted by molar-refractivity contribution is 7.80. The summed E-state index contributed by atoms with van der Waals surface area (Å²) in [5.41, 5.74) is 1.23. The van der Waals surface area contributed by atoms with Crippen molar-refractivity contribution in [1.82, 2.24) is 10.2 Å². The molecule has 1 saturated heterocycles. The number of benzene rings is 1. The number of carbonyl (C=O) groups is 2. The van der Waals surface area contributed by atoms with Gasteiger partial charge in [0.15, 0.2) is 5.11 Å². The molecule has 0 aromatic heterocycles. The standard InChI is InChI=1S/C21H31N3O2S/c1-3-4-5-6-11-19(25)23-21(27)22-18-10-8-7-9-17(18)20(26)24-14-12-16(2)13-15-24/h7-10,16H,3-6,11-15H2,1-2H3,(H2,22,23,25,27). The zero-order valence-corrected chi connectivity index (χ0v) is 17.2. The van der Waals surface area contributed by atoms with Crippen molar-refractivity contribution in [3.8, 4) is 0 Å². The number of thiocarbonyl (C=S) groups is 1. The summed E-state index contributed by atoms with van der Waals surface area (Å²) in [5, 5.41) is 5.98. The van der Waals surface area contributed by atoms with E-state index in [0.29, 0.717) is 23.6 Å². The lowest BCUT2D eigenvalue weighted by Crippen LogP contribution is -2.39. The van der Waals surface area contributed by atoms with E-state index in [-0.39, 0.29) is 16.9 Å². The molecule has 0 saturated carbocycles. The van der Waals surface area contributed by atoms with Crippen molar-refractivity contribution in [1.29, 1.82) is 0 Å². The van der Waals surface area contributed by atoms with Crippen LogP contribution in [0, 0.1) is 5.92 Å². The molecular weight excluding hydrogens is 358 g/mol. The van der Waals surface area contributed by atoms with Gasteiger partial charge in [0, 0.05) is 19.5 Å².